The molecule has 2 aromatic rings. The highest BCUT2D eigenvalue weighted by Gasteiger charge is 2.07. The number of rotatable bonds is 2. The third-order valence-electron chi connectivity index (χ3n) is 2.19. The number of fused-ring (bicyclic) bond motifs is 1. The van der Waals surface area contributed by atoms with Crippen molar-refractivity contribution in [3.05, 3.63) is 34.2 Å². The zero-order chi connectivity index (χ0) is 10.1. The van der Waals surface area contributed by atoms with Crippen LogP contribution in [0.3, 0.4) is 0 Å². The van der Waals surface area contributed by atoms with Crippen LogP contribution in [0.4, 0.5) is 4.39 Å². The summed E-state index contributed by atoms with van der Waals surface area (Å²) in [6, 6.07) is 3.17. The monoisotopic (exact) mass is 257 g/mol. The molecule has 14 heavy (non-hydrogen) atoms. The highest BCUT2D eigenvalue weighted by molar-refractivity contribution is 9.10. The van der Waals surface area contributed by atoms with E-state index in [4.69, 9.17) is 5.11 Å². The van der Waals surface area contributed by atoms with Gasteiger partial charge < -0.3 is 10.1 Å². The van der Waals surface area contributed by atoms with Gasteiger partial charge in [-0.25, -0.2) is 4.39 Å². The number of aromatic nitrogens is 1. The Morgan fingerprint density at radius 2 is 2.21 bits per heavy atom. The molecule has 0 aliphatic carbocycles. The Balaban J connectivity index is 2.61. The minimum absolute atomic E-state index is 0.0992. The summed E-state index contributed by atoms with van der Waals surface area (Å²) >= 11 is 3.13. The van der Waals surface area contributed by atoms with Crippen molar-refractivity contribution in [2.75, 3.05) is 6.61 Å². The molecule has 4 heteroatoms. The fourth-order valence-electron chi connectivity index (χ4n) is 1.50. The third kappa shape index (κ3) is 1.55. The van der Waals surface area contributed by atoms with Gasteiger partial charge in [0.15, 0.2) is 0 Å². The van der Waals surface area contributed by atoms with Gasteiger partial charge in [0, 0.05) is 23.7 Å². The number of hydrogen-bond donors (Lipinski definition) is 2. The lowest BCUT2D eigenvalue weighted by molar-refractivity contribution is 0.300. The molecule has 0 unspecified atom stereocenters. The van der Waals surface area contributed by atoms with Crippen LogP contribution in [0, 0.1) is 5.82 Å². The number of aromatic amines is 1. The number of aliphatic hydroxyl groups excluding tert-OH is 1. The number of nitrogens with one attached hydrogen (secondary N) is 1. The van der Waals surface area contributed by atoms with Gasteiger partial charge in [-0.05, 0) is 40.0 Å². The molecule has 0 aliphatic rings. The largest absolute Gasteiger partial charge is 0.396 e. The predicted molar refractivity (Wildman–Crippen MR) is 56.7 cm³/mol. The van der Waals surface area contributed by atoms with Crippen LogP contribution in [0.25, 0.3) is 10.9 Å². The van der Waals surface area contributed by atoms with Gasteiger partial charge in [0.2, 0.25) is 0 Å². The molecule has 2 rings (SSSR count). The summed E-state index contributed by atoms with van der Waals surface area (Å²) in [6.07, 6.45) is 2.38. The standard InChI is InChI=1S/C10H9BrFNO/c11-8-3-7-6(1-2-14)5-13-10(7)4-9(8)12/h3-5,13-14H,1-2H2. The molecule has 1 aromatic heterocycles. The lowest BCUT2D eigenvalue weighted by Crippen LogP contribution is -1.88. The molecule has 0 bridgehead atoms. The molecule has 1 aromatic carbocycles. The second-order valence-corrected chi connectivity index (χ2v) is 3.95. The first kappa shape index (κ1) is 9.68. The van der Waals surface area contributed by atoms with Crippen molar-refractivity contribution < 1.29 is 9.50 Å². The van der Waals surface area contributed by atoms with E-state index in [0.717, 1.165) is 16.5 Å². The average Bonchev–Trinajstić information content (AvgIpc) is 2.51. The zero-order valence-electron chi connectivity index (χ0n) is 7.35. The van der Waals surface area contributed by atoms with E-state index in [1.165, 1.54) is 6.07 Å². The molecule has 0 saturated heterocycles. The van der Waals surface area contributed by atoms with Crippen LogP contribution in [0.5, 0.6) is 0 Å². The Morgan fingerprint density at radius 1 is 1.43 bits per heavy atom. The minimum atomic E-state index is -0.283. The summed E-state index contributed by atoms with van der Waals surface area (Å²) in [5.41, 5.74) is 1.76. The van der Waals surface area contributed by atoms with Crippen LogP contribution in [0.2, 0.25) is 0 Å². The Morgan fingerprint density at radius 3 is 2.93 bits per heavy atom. The molecule has 2 N–H and O–H groups in total. The number of halogens is 2. The van der Waals surface area contributed by atoms with E-state index >= 15 is 0 Å². The number of benzene rings is 1. The molecule has 0 spiro atoms. The van der Waals surface area contributed by atoms with E-state index in [-0.39, 0.29) is 12.4 Å². The van der Waals surface area contributed by atoms with Crippen LogP contribution >= 0.6 is 15.9 Å². The van der Waals surface area contributed by atoms with Gasteiger partial charge in [0.25, 0.3) is 0 Å². The van der Waals surface area contributed by atoms with Gasteiger partial charge in [-0.15, -0.1) is 0 Å². The lowest BCUT2D eigenvalue weighted by Gasteiger charge is -1.97. The van der Waals surface area contributed by atoms with Crippen LogP contribution in [-0.2, 0) is 6.42 Å². The van der Waals surface area contributed by atoms with Crippen LogP contribution in [0.15, 0.2) is 22.8 Å². The molecule has 0 radical (unpaired) electrons. The number of aliphatic hydroxyl groups is 1. The van der Waals surface area contributed by atoms with Crippen LogP contribution in [-0.4, -0.2) is 16.7 Å². The molecule has 0 amide bonds. The molecule has 1 heterocycles. The maximum Gasteiger partial charge on any atom is 0.139 e. The number of H-pyrrole nitrogens is 1. The maximum absolute atomic E-state index is 13.1. The third-order valence-corrected chi connectivity index (χ3v) is 2.80. The number of hydrogen-bond acceptors (Lipinski definition) is 1. The fourth-order valence-corrected chi connectivity index (χ4v) is 1.85. The van der Waals surface area contributed by atoms with E-state index in [1.807, 2.05) is 0 Å². The van der Waals surface area contributed by atoms with E-state index in [2.05, 4.69) is 20.9 Å². The molecule has 0 atom stereocenters. The second kappa shape index (κ2) is 3.71. The van der Waals surface area contributed by atoms with Gasteiger partial charge in [-0.3, -0.25) is 0 Å². The van der Waals surface area contributed by atoms with Crippen molar-refractivity contribution in [3.63, 3.8) is 0 Å². The van der Waals surface area contributed by atoms with Gasteiger partial charge in [-0.2, -0.15) is 0 Å². The van der Waals surface area contributed by atoms with E-state index in [9.17, 15) is 4.39 Å². The van der Waals surface area contributed by atoms with Gasteiger partial charge >= 0.3 is 0 Å². The smallest absolute Gasteiger partial charge is 0.139 e. The molecule has 2 nitrogen and oxygen atoms in total. The fraction of sp³-hybridized carbons (Fsp3) is 0.200. The van der Waals surface area contributed by atoms with Crippen molar-refractivity contribution in [2.45, 2.75) is 6.42 Å². The van der Waals surface area contributed by atoms with E-state index in [0.29, 0.717) is 10.9 Å². The van der Waals surface area contributed by atoms with Gasteiger partial charge in [0.1, 0.15) is 5.82 Å². The summed E-state index contributed by atoms with van der Waals surface area (Å²) in [7, 11) is 0. The van der Waals surface area contributed by atoms with Crippen LogP contribution in [0.1, 0.15) is 5.56 Å². The SMILES string of the molecule is OCCc1c[nH]c2cc(F)c(Br)cc12. The second-order valence-electron chi connectivity index (χ2n) is 3.10. The van der Waals surface area contributed by atoms with Crippen molar-refractivity contribution in [1.82, 2.24) is 4.98 Å². The Kier molecular flexibility index (Phi) is 2.56. The summed E-state index contributed by atoms with van der Waals surface area (Å²) < 4.78 is 13.6. The van der Waals surface area contributed by atoms with E-state index < -0.39 is 0 Å². The molecular weight excluding hydrogens is 249 g/mol. The summed E-state index contributed by atoms with van der Waals surface area (Å²) in [6.45, 7) is 0.0992. The summed E-state index contributed by atoms with van der Waals surface area (Å²) in [4.78, 5) is 2.97. The highest BCUT2D eigenvalue weighted by atomic mass is 79.9. The normalized spacial score (nSPS) is 11.1. The van der Waals surface area contributed by atoms with Crippen LogP contribution < -0.4 is 0 Å². The van der Waals surface area contributed by atoms with Crippen molar-refractivity contribution >= 4 is 26.8 Å². The van der Waals surface area contributed by atoms with Gasteiger partial charge in [0.05, 0.1) is 4.47 Å². The molecule has 0 fully saturated rings. The minimum Gasteiger partial charge on any atom is -0.396 e. The topological polar surface area (TPSA) is 36.0 Å². The molecule has 0 aliphatic heterocycles. The Labute approximate surface area is 88.9 Å². The lowest BCUT2D eigenvalue weighted by atomic mass is 10.1. The molecular formula is C10H9BrFNO. The molecule has 74 valence electrons. The zero-order valence-corrected chi connectivity index (χ0v) is 8.94. The molecule has 0 saturated carbocycles. The van der Waals surface area contributed by atoms with Crippen molar-refractivity contribution in [1.29, 1.82) is 0 Å². The summed E-state index contributed by atoms with van der Waals surface area (Å²) in [5, 5.41) is 9.77. The van der Waals surface area contributed by atoms with Gasteiger partial charge in [-0.1, -0.05) is 0 Å². The van der Waals surface area contributed by atoms with Crippen molar-refractivity contribution in [3.8, 4) is 0 Å². The Bertz CT molecular complexity index is 466. The first-order valence-electron chi connectivity index (χ1n) is 4.28. The van der Waals surface area contributed by atoms with E-state index in [1.54, 1.807) is 12.3 Å². The first-order chi connectivity index (χ1) is 6.72. The highest BCUT2D eigenvalue weighted by Crippen LogP contribution is 2.25. The summed E-state index contributed by atoms with van der Waals surface area (Å²) in [5.74, 6) is -0.283. The Hall–Kier alpha value is -0.870. The predicted octanol–water partition coefficient (Wildman–Crippen LogP) is 2.60. The maximum atomic E-state index is 13.1. The quantitative estimate of drug-likeness (QED) is 0.853. The first-order valence-corrected chi connectivity index (χ1v) is 5.07. The average molecular weight is 258 g/mol. The van der Waals surface area contributed by atoms with Crippen molar-refractivity contribution in [2.24, 2.45) is 0 Å².